The molecule has 0 saturated heterocycles. The van der Waals surface area contributed by atoms with E-state index in [1.807, 2.05) is 24.3 Å². The molecule has 1 heterocycles. The van der Waals surface area contributed by atoms with Crippen LogP contribution in [0.25, 0.3) is 21.8 Å². The summed E-state index contributed by atoms with van der Waals surface area (Å²) in [5.41, 5.74) is 7.42. The number of nitrogens with one attached hydrogen (secondary N) is 1. The van der Waals surface area contributed by atoms with Crippen LogP contribution in [-0.2, 0) is 11.2 Å². The minimum atomic E-state index is -0.485. The molecule has 19 heavy (non-hydrogen) atoms. The number of aromatic amines is 1. The van der Waals surface area contributed by atoms with Gasteiger partial charge in [0.25, 0.3) is 0 Å². The van der Waals surface area contributed by atoms with Gasteiger partial charge < -0.3 is 10.7 Å². The highest BCUT2D eigenvalue weighted by atomic mass is 79.9. The molecular formula is C14H10BrFN2O. The molecule has 0 radical (unpaired) electrons. The zero-order valence-electron chi connectivity index (χ0n) is 9.84. The molecular weight excluding hydrogens is 311 g/mol. The van der Waals surface area contributed by atoms with E-state index in [-0.39, 0.29) is 6.42 Å². The van der Waals surface area contributed by atoms with Crippen molar-refractivity contribution < 1.29 is 9.18 Å². The third-order valence-electron chi connectivity index (χ3n) is 3.12. The van der Waals surface area contributed by atoms with Gasteiger partial charge in [0.2, 0.25) is 5.91 Å². The topological polar surface area (TPSA) is 58.9 Å². The maximum atomic E-state index is 14.0. The number of fused-ring (bicyclic) bond motifs is 3. The average Bonchev–Trinajstić information content (AvgIpc) is 2.75. The Hall–Kier alpha value is -1.88. The first-order chi connectivity index (χ1) is 9.08. The standard InChI is InChI=1S/C14H10BrFN2O/c15-13-9(16)5-7(6-11(17)19)14-12(13)8-3-1-2-4-10(8)18-14/h1-5,18H,6H2,(H2,17,19). The van der Waals surface area contributed by atoms with Gasteiger partial charge in [-0.2, -0.15) is 0 Å². The highest BCUT2D eigenvalue weighted by Crippen LogP contribution is 2.35. The van der Waals surface area contributed by atoms with Gasteiger partial charge in [-0.25, -0.2) is 4.39 Å². The quantitative estimate of drug-likeness (QED) is 0.748. The van der Waals surface area contributed by atoms with Gasteiger partial charge in [0.1, 0.15) is 5.82 Å². The van der Waals surface area contributed by atoms with E-state index in [0.29, 0.717) is 10.0 Å². The highest BCUT2D eigenvalue weighted by Gasteiger charge is 2.16. The lowest BCUT2D eigenvalue weighted by Crippen LogP contribution is -2.14. The Morgan fingerprint density at radius 2 is 2.11 bits per heavy atom. The normalized spacial score (nSPS) is 11.3. The minimum absolute atomic E-state index is 0.00746. The zero-order chi connectivity index (χ0) is 13.6. The number of nitrogens with two attached hydrogens (primary N) is 1. The number of amides is 1. The van der Waals surface area contributed by atoms with Crippen molar-refractivity contribution in [2.45, 2.75) is 6.42 Å². The van der Waals surface area contributed by atoms with Crippen LogP contribution in [-0.4, -0.2) is 10.9 Å². The summed E-state index contributed by atoms with van der Waals surface area (Å²) in [4.78, 5) is 14.3. The summed E-state index contributed by atoms with van der Waals surface area (Å²) in [6, 6.07) is 8.95. The Morgan fingerprint density at radius 3 is 2.84 bits per heavy atom. The van der Waals surface area contributed by atoms with Crippen molar-refractivity contribution in [1.82, 2.24) is 4.98 Å². The van der Waals surface area contributed by atoms with Crippen LogP contribution in [0.5, 0.6) is 0 Å². The van der Waals surface area contributed by atoms with Gasteiger partial charge in [-0.05, 0) is 33.6 Å². The summed E-state index contributed by atoms with van der Waals surface area (Å²) < 4.78 is 14.3. The van der Waals surface area contributed by atoms with Crippen LogP contribution in [0.2, 0.25) is 0 Å². The van der Waals surface area contributed by atoms with E-state index >= 15 is 0 Å². The van der Waals surface area contributed by atoms with Crippen LogP contribution in [0.4, 0.5) is 4.39 Å². The highest BCUT2D eigenvalue weighted by molar-refractivity contribution is 9.10. The molecule has 0 saturated carbocycles. The van der Waals surface area contributed by atoms with Gasteiger partial charge in [0, 0.05) is 16.3 Å². The van der Waals surface area contributed by atoms with Crippen molar-refractivity contribution in [3.63, 3.8) is 0 Å². The van der Waals surface area contributed by atoms with E-state index in [9.17, 15) is 9.18 Å². The molecule has 0 fully saturated rings. The second-order valence-electron chi connectivity index (χ2n) is 4.40. The van der Waals surface area contributed by atoms with E-state index in [4.69, 9.17) is 5.73 Å². The third-order valence-corrected chi connectivity index (χ3v) is 3.90. The van der Waals surface area contributed by atoms with E-state index in [1.54, 1.807) is 0 Å². The fourth-order valence-corrected chi connectivity index (χ4v) is 2.87. The van der Waals surface area contributed by atoms with E-state index in [1.165, 1.54) is 6.07 Å². The molecule has 3 aromatic rings. The van der Waals surface area contributed by atoms with Gasteiger partial charge in [-0.15, -0.1) is 0 Å². The molecule has 0 aliphatic carbocycles. The lowest BCUT2D eigenvalue weighted by Gasteiger charge is -2.04. The number of carbonyl (C=O) groups excluding carboxylic acids is 1. The Labute approximate surface area is 116 Å². The van der Waals surface area contributed by atoms with Crippen molar-refractivity contribution in [3.05, 3.63) is 46.2 Å². The van der Waals surface area contributed by atoms with Crippen LogP contribution >= 0.6 is 15.9 Å². The fraction of sp³-hybridized carbons (Fsp3) is 0.0714. The molecule has 0 aliphatic heterocycles. The lowest BCUT2D eigenvalue weighted by atomic mass is 10.1. The largest absolute Gasteiger partial charge is 0.369 e. The molecule has 0 atom stereocenters. The number of halogens is 2. The molecule has 3 rings (SSSR count). The van der Waals surface area contributed by atoms with Gasteiger partial charge in [0.15, 0.2) is 0 Å². The number of primary amides is 1. The van der Waals surface area contributed by atoms with Gasteiger partial charge in [-0.3, -0.25) is 4.79 Å². The minimum Gasteiger partial charge on any atom is -0.369 e. The summed E-state index contributed by atoms with van der Waals surface area (Å²) in [7, 11) is 0. The van der Waals surface area contributed by atoms with E-state index in [2.05, 4.69) is 20.9 Å². The molecule has 3 nitrogen and oxygen atoms in total. The summed E-state index contributed by atoms with van der Waals surface area (Å²) in [5.74, 6) is -0.879. The van der Waals surface area contributed by atoms with Crippen molar-refractivity contribution in [2.75, 3.05) is 0 Å². The number of rotatable bonds is 2. The average molecular weight is 321 g/mol. The number of para-hydroxylation sites is 1. The summed E-state index contributed by atoms with van der Waals surface area (Å²) in [6.07, 6.45) is 0.00746. The third kappa shape index (κ3) is 1.90. The Balaban J connectivity index is 2.46. The van der Waals surface area contributed by atoms with Crippen LogP contribution in [0.15, 0.2) is 34.8 Å². The van der Waals surface area contributed by atoms with Crippen LogP contribution in [0.1, 0.15) is 5.56 Å². The smallest absolute Gasteiger partial charge is 0.221 e. The maximum absolute atomic E-state index is 14.0. The van der Waals surface area contributed by atoms with Crippen molar-refractivity contribution in [1.29, 1.82) is 0 Å². The molecule has 96 valence electrons. The fourth-order valence-electron chi connectivity index (χ4n) is 2.35. The summed E-state index contributed by atoms with van der Waals surface area (Å²) >= 11 is 3.27. The molecule has 3 N–H and O–H groups in total. The molecule has 1 aromatic heterocycles. The predicted molar refractivity (Wildman–Crippen MR) is 76.4 cm³/mol. The number of aromatic nitrogens is 1. The first kappa shape index (κ1) is 12.2. The van der Waals surface area contributed by atoms with Crippen LogP contribution in [0.3, 0.4) is 0 Å². The monoisotopic (exact) mass is 320 g/mol. The summed E-state index contributed by atoms with van der Waals surface area (Å²) in [6.45, 7) is 0. The van der Waals surface area contributed by atoms with Gasteiger partial charge in [0.05, 0.1) is 16.4 Å². The first-order valence-electron chi connectivity index (χ1n) is 5.73. The lowest BCUT2D eigenvalue weighted by molar-refractivity contribution is -0.117. The molecule has 0 bridgehead atoms. The second kappa shape index (κ2) is 4.35. The number of hydrogen-bond donors (Lipinski definition) is 2. The Morgan fingerprint density at radius 1 is 1.37 bits per heavy atom. The molecule has 0 spiro atoms. The zero-order valence-corrected chi connectivity index (χ0v) is 11.4. The van der Waals surface area contributed by atoms with Crippen molar-refractivity contribution >= 4 is 43.6 Å². The van der Waals surface area contributed by atoms with E-state index < -0.39 is 11.7 Å². The number of hydrogen-bond acceptors (Lipinski definition) is 1. The van der Waals surface area contributed by atoms with Crippen molar-refractivity contribution in [2.24, 2.45) is 5.73 Å². The van der Waals surface area contributed by atoms with Gasteiger partial charge >= 0.3 is 0 Å². The molecule has 0 aliphatic rings. The maximum Gasteiger partial charge on any atom is 0.221 e. The predicted octanol–water partition coefficient (Wildman–Crippen LogP) is 3.25. The molecule has 1 amide bonds. The SMILES string of the molecule is NC(=O)Cc1cc(F)c(Br)c2c1[nH]c1ccccc12. The number of carbonyl (C=O) groups is 1. The van der Waals surface area contributed by atoms with Crippen LogP contribution in [0, 0.1) is 5.82 Å². The Kier molecular flexibility index (Phi) is 2.78. The van der Waals surface area contributed by atoms with Crippen molar-refractivity contribution in [3.8, 4) is 0 Å². The second-order valence-corrected chi connectivity index (χ2v) is 5.19. The molecule has 5 heteroatoms. The number of H-pyrrole nitrogens is 1. The summed E-state index contributed by atoms with van der Waals surface area (Å²) in [5, 5.41) is 1.65. The van der Waals surface area contributed by atoms with Crippen LogP contribution < -0.4 is 5.73 Å². The number of benzene rings is 2. The molecule has 2 aromatic carbocycles. The molecule has 0 unspecified atom stereocenters. The Bertz CT molecular complexity index is 810. The first-order valence-corrected chi connectivity index (χ1v) is 6.53. The van der Waals surface area contributed by atoms with Gasteiger partial charge in [-0.1, -0.05) is 18.2 Å². The van der Waals surface area contributed by atoms with E-state index in [0.717, 1.165) is 21.8 Å².